The number of nitrogens with zero attached hydrogens (tertiary/aromatic N) is 5. The smallest absolute Gasteiger partial charge is 0.161 e. The number of rotatable bonds is 14. The molecule has 0 fully saturated rings. The van der Waals surface area contributed by atoms with E-state index in [-0.39, 0.29) is 6.04 Å². The number of anilines is 1. The number of ether oxygens (including phenoxy) is 2. The Bertz CT molecular complexity index is 1820. The summed E-state index contributed by atoms with van der Waals surface area (Å²) in [6.45, 7) is 3.72. The summed E-state index contributed by atoms with van der Waals surface area (Å²) < 4.78 is 13.3. The van der Waals surface area contributed by atoms with Crippen molar-refractivity contribution >= 4 is 16.6 Å². The highest BCUT2D eigenvalue weighted by Crippen LogP contribution is 2.41. The van der Waals surface area contributed by atoms with Crippen molar-refractivity contribution in [3.63, 3.8) is 0 Å². The number of aryl methyl sites for hydroxylation is 2. The molecule has 7 rings (SSSR count). The van der Waals surface area contributed by atoms with Crippen LogP contribution in [0.1, 0.15) is 78.2 Å². The minimum absolute atomic E-state index is 0.224. The van der Waals surface area contributed by atoms with Crippen LogP contribution in [0.25, 0.3) is 10.9 Å². The fourth-order valence-corrected chi connectivity index (χ4v) is 7.67. The second kappa shape index (κ2) is 15.2. The van der Waals surface area contributed by atoms with E-state index in [1.54, 1.807) is 14.2 Å². The Balaban J connectivity index is 0.891. The first-order valence-electron chi connectivity index (χ1n) is 17.8. The maximum absolute atomic E-state index is 5.70. The number of unbranched alkanes of at least 4 members (excludes halogenated alkanes) is 3. The number of methoxy groups -OCH3 is 2. The normalized spacial score (nSPS) is 16.0. The van der Waals surface area contributed by atoms with E-state index in [4.69, 9.17) is 14.5 Å². The average molecular weight is 645 g/mol. The zero-order chi connectivity index (χ0) is 32.7. The summed E-state index contributed by atoms with van der Waals surface area (Å²) in [6.07, 6.45) is 13.5. The van der Waals surface area contributed by atoms with E-state index in [0.717, 1.165) is 81.0 Å². The third kappa shape index (κ3) is 7.04. The number of para-hydroxylation sites is 1. The largest absolute Gasteiger partial charge is 0.493 e. The Hall–Kier alpha value is -4.43. The van der Waals surface area contributed by atoms with E-state index in [0.29, 0.717) is 0 Å². The van der Waals surface area contributed by atoms with Gasteiger partial charge in [-0.1, -0.05) is 66.6 Å². The number of benzene rings is 3. The predicted octanol–water partition coefficient (Wildman–Crippen LogP) is 7.59. The third-order valence-corrected chi connectivity index (χ3v) is 10.1. The Morgan fingerprint density at radius 1 is 0.833 bits per heavy atom. The van der Waals surface area contributed by atoms with Crippen LogP contribution >= 0.6 is 0 Å². The lowest BCUT2D eigenvalue weighted by molar-refractivity contribution is 0.207. The van der Waals surface area contributed by atoms with Gasteiger partial charge in [-0.15, -0.1) is 5.10 Å². The van der Waals surface area contributed by atoms with Gasteiger partial charge in [-0.3, -0.25) is 14.6 Å². The van der Waals surface area contributed by atoms with Gasteiger partial charge in [0.2, 0.25) is 0 Å². The van der Waals surface area contributed by atoms with E-state index < -0.39 is 0 Å². The van der Waals surface area contributed by atoms with Gasteiger partial charge < -0.3 is 14.8 Å². The maximum Gasteiger partial charge on any atom is 0.161 e. The van der Waals surface area contributed by atoms with Crippen molar-refractivity contribution in [2.24, 2.45) is 0 Å². The van der Waals surface area contributed by atoms with Gasteiger partial charge in [-0.25, -0.2) is 0 Å². The summed E-state index contributed by atoms with van der Waals surface area (Å²) >= 11 is 0. The van der Waals surface area contributed by atoms with Gasteiger partial charge in [0.05, 0.1) is 38.0 Å². The topological polar surface area (TPSA) is 77.3 Å². The lowest BCUT2D eigenvalue weighted by Crippen LogP contribution is -2.36. The number of hydrogen-bond donors (Lipinski definition) is 1. The fourth-order valence-electron chi connectivity index (χ4n) is 7.67. The van der Waals surface area contributed by atoms with Crippen LogP contribution in [0, 0.1) is 0 Å². The first kappa shape index (κ1) is 32.1. The predicted molar refractivity (Wildman–Crippen MR) is 192 cm³/mol. The molecule has 2 aliphatic rings. The highest BCUT2D eigenvalue weighted by molar-refractivity contribution is 5.93. The van der Waals surface area contributed by atoms with Gasteiger partial charge in [0.1, 0.15) is 0 Å². The van der Waals surface area contributed by atoms with Gasteiger partial charge in [0, 0.05) is 36.1 Å². The highest BCUT2D eigenvalue weighted by Gasteiger charge is 2.30. The number of aromatic nitrogens is 4. The van der Waals surface area contributed by atoms with Crippen LogP contribution in [0.5, 0.6) is 11.5 Å². The Morgan fingerprint density at radius 2 is 1.62 bits per heavy atom. The summed E-state index contributed by atoms with van der Waals surface area (Å²) in [5, 5.41) is 13.9. The summed E-state index contributed by atoms with van der Waals surface area (Å²) in [5.41, 5.74) is 10.1. The molecule has 0 unspecified atom stereocenters. The second-order valence-electron chi connectivity index (χ2n) is 13.2. The molecule has 0 spiro atoms. The molecule has 8 nitrogen and oxygen atoms in total. The fraction of sp³-hybridized carbons (Fsp3) is 0.425. The van der Waals surface area contributed by atoms with E-state index in [2.05, 4.69) is 93.5 Å². The van der Waals surface area contributed by atoms with Crippen LogP contribution in [-0.4, -0.2) is 58.7 Å². The monoisotopic (exact) mass is 644 g/mol. The van der Waals surface area contributed by atoms with Crippen molar-refractivity contribution in [3.8, 4) is 11.5 Å². The molecule has 0 saturated carbocycles. The van der Waals surface area contributed by atoms with E-state index >= 15 is 0 Å². The summed E-state index contributed by atoms with van der Waals surface area (Å²) in [5.74, 6) is 1.61. The molecule has 1 aliphatic carbocycles. The molecular formula is C40H48N6O2. The number of pyridine rings is 1. The summed E-state index contributed by atoms with van der Waals surface area (Å²) in [6, 6.07) is 24.0. The molecule has 1 aliphatic heterocycles. The number of fused-ring (bicyclic) bond motifs is 3. The third-order valence-electron chi connectivity index (χ3n) is 10.1. The van der Waals surface area contributed by atoms with Gasteiger partial charge >= 0.3 is 0 Å². The summed E-state index contributed by atoms with van der Waals surface area (Å²) in [7, 11) is 3.43. The zero-order valence-corrected chi connectivity index (χ0v) is 28.5. The molecule has 0 amide bonds. The minimum atomic E-state index is 0.224. The molecule has 250 valence electrons. The van der Waals surface area contributed by atoms with Crippen molar-refractivity contribution in [1.29, 1.82) is 0 Å². The van der Waals surface area contributed by atoms with E-state index in [1.165, 1.54) is 71.1 Å². The number of hydrogen-bond acceptors (Lipinski definition) is 7. The molecule has 0 bridgehead atoms. The Morgan fingerprint density at radius 3 is 2.50 bits per heavy atom. The van der Waals surface area contributed by atoms with Gasteiger partial charge in [-0.2, -0.15) is 0 Å². The Labute approximate surface area is 284 Å². The van der Waals surface area contributed by atoms with Crippen LogP contribution in [0.2, 0.25) is 0 Å². The first-order chi connectivity index (χ1) is 23.7. The molecule has 48 heavy (non-hydrogen) atoms. The lowest BCUT2D eigenvalue weighted by Gasteiger charge is -2.38. The van der Waals surface area contributed by atoms with Crippen LogP contribution in [-0.2, 0) is 32.2 Å². The molecule has 5 aromatic rings. The van der Waals surface area contributed by atoms with Crippen molar-refractivity contribution < 1.29 is 9.47 Å². The molecule has 0 saturated heterocycles. The SMILES string of the molecule is COc1cc2c(cc1OC)[C@H](c1ccccc1)N(CCCCCCc1cn(CCNc3c4c(nc5ccccc35)CCCC4)nn1)CC2. The minimum Gasteiger partial charge on any atom is -0.493 e. The second-order valence-corrected chi connectivity index (χ2v) is 13.2. The van der Waals surface area contributed by atoms with Crippen molar-refractivity contribution in [2.45, 2.75) is 76.8 Å². The molecule has 8 heteroatoms. The molecule has 1 atom stereocenters. The quantitative estimate of drug-likeness (QED) is 0.125. The standard InChI is InChI=1S/C40H48N6O2/c1-47-37-26-30-21-24-45(40(29-14-6-5-7-15-29)34(30)27-38(37)48-2)23-13-4-3-8-16-31-28-46(44-43-31)25-22-41-39-32-17-9-11-19-35(32)42-36-20-12-10-18-33(36)39/h5-7,9,11,14-15,17,19,26-28,40H,3-4,8,10,12-13,16,18,20-25H2,1-2H3,(H,41,42)/t40-/m0/s1. The van der Waals surface area contributed by atoms with E-state index in [9.17, 15) is 0 Å². The van der Waals surface area contributed by atoms with Crippen LogP contribution < -0.4 is 14.8 Å². The molecule has 3 heterocycles. The highest BCUT2D eigenvalue weighted by atomic mass is 16.5. The number of nitrogens with one attached hydrogen (secondary N) is 1. The molecule has 3 aromatic carbocycles. The van der Waals surface area contributed by atoms with Crippen molar-refractivity contribution in [1.82, 2.24) is 24.9 Å². The van der Waals surface area contributed by atoms with Crippen molar-refractivity contribution in [3.05, 3.63) is 107 Å². The van der Waals surface area contributed by atoms with Crippen LogP contribution in [0.4, 0.5) is 5.69 Å². The van der Waals surface area contributed by atoms with E-state index in [1.807, 2.05) is 4.68 Å². The molecule has 2 aromatic heterocycles. The average Bonchev–Trinajstić information content (AvgIpc) is 3.59. The zero-order valence-electron chi connectivity index (χ0n) is 28.5. The van der Waals surface area contributed by atoms with Gasteiger partial charge in [0.25, 0.3) is 0 Å². The Kier molecular flexibility index (Phi) is 10.2. The van der Waals surface area contributed by atoms with Gasteiger partial charge in [0.15, 0.2) is 11.5 Å². The molecule has 0 radical (unpaired) electrons. The lowest BCUT2D eigenvalue weighted by atomic mass is 9.87. The molecular weight excluding hydrogens is 596 g/mol. The van der Waals surface area contributed by atoms with Crippen LogP contribution in [0.15, 0.2) is 72.9 Å². The molecule has 1 N–H and O–H groups in total. The van der Waals surface area contributed by atoms with Crippen molar-refractivity contribution in [2.75, 3.05) is 39.2 Å². The van der Waals surface area contributed by atoms with Crippen LogP contribution in [0.3, 0.4) is 0 Å². The summed E-state index contributed by atoms with van der Waals surface area (Å²) in [4.78, 5) is 7.62. The maximum atomic E-state index is 5.70. The van der Waals surface area contributed by atoms with Gasteiger partial charge in [-0.05, 0) is 98.4 Å². The first-order valence-corrected chi connectivity index (χ1v) is 17.8.